The fourth-order valence-corrected chi connectivity index (χ4v) is 2.68. The third kappa shape index (κ3) is 3.18. The van der Waals surface area contributed by atoms with Crippen LogP contribution in [0.25, 0.3) is 0 Å². The predicted molar refractivity (Wildman–Crippen MR) is 82.3 cm³/mol. The van der Waals surface area contributed by atoms with E-state index in [-0.39, 0.29) is 12.0 Å². The summed E-state index contributed by atoms with van der Waals surface area (Å²) in [5, 5.41) is 9.28. The molecular weight excluding hydrogens is 264 g/mol. The van der Waals surface area contributed by atoms with Crippen molar-refractivity contribution >= 4 is 11.8 Å². The van der Waals surface area contributed by atoms with Gasteiger partial charge in [0.15, 0.2) is 0 Å². The number of hydrogen-bond acceptors (Lipinski definition) is 3. The van der Waals surface area contributed by atoms with Crippen molar-refractivity contribution in [2.45, 2.75) is 46.6 Å². The number of fused-ring (bicyclic) bond motifs is 1. The van der Waals surface area contributed by atoms with Crippen LogP contribution in [-0.4, -0.2) is 18.2 Å². The van der Waals surface area contributed by atoms with Gasteiger partial charge in [0.2, 0.25) is 0 Å². The number of amides is 1. The molecule has 1 unspecified atom stereocenters. The van der Waals surface area contributed by atoms with Crippen molar-refractivity contribution < 1.29 is 9.53 Å². The van der Waals surface area contributed by atoms with Crippen LogP contribution in [0.1, 0.15) is 37.5 Å². The van der Waals surface area contributed by atoms with E-state index < -0.39 is 5.60 Å². The summed E-state index contributed by atoms with van der Waals surface area (Å²) in [5.74, 6) is -0.189. The number of anilines is 1. The van der Waals surface area contributed by atoms with Gasteiger partial charge in [0.05, 0.1) is 17.7 Å². The van der Waals surface area contributed by atoms with Crippen molar-refractivity contribution in [2.75, 3.05) is 11.4 Å². The number of nitriles is 1. The van der Waals surface area contributed by atoms with Crippen LogP contribution >= 0.6 is 0 Å². The highest BCUT2D eigenvalue weighted by Crippen LogP contribution is 2.35. The zero-order chi connectivity index (χ0) is 15.8. The number of hydrogen-bond donors (Lipinski definition) is 0. The third-order valence-electron chi connectivity index (χ3n) is 3.64. The van der Waals surface area contributed by atoms with Crippen molar-refractivity contribution in [3.05, 3.63) is 28.8 Å². The van der Waals surface area contributed by atoms with Gasteiger partial charge >= 0.3 is 6.09 Å². The number of ether oxygens (including phenoxy) is 1. The van der Waals surface area contributed by atoms with E-state index in [0.29, 0.717) is 13.0 Å². The number of carbonyl (C=O) groups is 1. The lowest BCUT2D eigenvalue weighted by Gasteiger charge is -2.35. The van der Waals surface area contributed by atoms with Gasteiger partial charge in [-0.1, -0.05) is 12.1 Å². The summed E-state index contributed by atoms with van der Waals surface area (Å²) in [6, 6.07) is 6.34. The first-order chi connectivity index (χ1) is 9.73. The first-order valence-corrected chi connectivity index (χ1v) is 7.22. The molecule has 1 aromatic carbocycles. The zero-order valence-corrected chi connectivity index (χ0v) is 13.4. The largest absolute Gasteiger partial charge is 0.443 e. The molecule has 0 N–H and O–H groups in total. The molecule has 1 heterocycles. The minimum Gasteiger partial charge on any atom is -0.443 e. The zero-order valence-electron chi connectivity index (χ0n) is 13.4. The third-order valence-corrected chi connectivity index (χ3v) is 3.64. The Bertz CT molecular complexity index is 608. The highest BCUT2D eigenvalue weighted by atomic mass is 16.6. The Kier molecular flexibility index (Phi) is 3.95. The maximum atomic E-state index is 12.5. The van der Waals surface area contributed by atoms with E-state index >= 15 is 0 Å². The van der Waals surface area contributed by atoms with Crippen LogP contribution in [0.4, 0.5) is 10.5 Å². The molecule has 0 saturated carbocycles. The summed E-state index contributed by atoms with van der Waals surface area (Å²) in [7, 11) is 0. The molecule has 0 fully saturated rings. The summed E-state index contributed by atoms with van der Waals surface area (Å²) >= 11 is 0. The van der Waals surface area contributed by atoms with Crippen LogP contribution in [0, 0.1) is 31.1 Å². The SMILES string of the molecule is Cc1ccc(C)c2c1CC(C#N)CN2C(=O)OC(C)(C)C. The molecule has 4 heteroatoms. The molecule has 21 heavy (non-hydrogen) atoms. The lowest BCUT2D eigenvalue weighted by Crippen LogP contribution is -2.43. The molecule has 0 spiro atoms. The highest BCUT2D eigenvalue weighted by Gasteiger charge is 2.33. The van der Waals surface area contributed by atoms with E-state index in [9.17, 15) is 10.1 Å². The standard InChI is InChI=1S/C17H22N2O2/c1-11-6-7-12(2)15-14(11)8-13(9-18)10-19(15)16(20)21-17(3,4)5/h6-7,13H,8,10H2,1-5H3. The second-order valence-corrected chi connectivity index (χ2v) is 6.65. The molecule has 2 rings (SSSR count). The van der Waals surface area contributed by atoms with Crippen LogP contribution in [0.15, 0.2) is 12.1 Å². The molecule has 0 saturated heterocycles. The van der Waals surface area contributed by atoms with Crippen molar-refractivity contribution in [1.82, 2.24) is 0 Å². The number of nitrogens with zero attached hydrogens (tertiary/aromatic N) is 2. The van der Waals surface area contributed by atoms with Crippen molar-refractivity contribution in [3.8, 4) is 6.07 Å². The van der Waals surface area contributed by atoms with Gasteiger partial charge in [-0.05, 0) is 57.7 Å². The molecule has 0 bridgehead atoms. The Morgan fingerprint density at radius 2 is 1.95 bits per heavy atom. The maximum Gasteiger partial charge on any atom is 0.414 e. The lowest BCUT2D eigenvalue weighted by atomic mass is 9.89. The Labute approximate surface area is 126 Å². The molecule has 1 aliphatic rings. The summed E-state index contributed by atoms with van der Waals surface area (Å²) in [4.78, 5) is 14.1. The Hall–Kier alpha value is -2.02. The Morgan fingerprint density at radius 1 is 1.33 bits per heavy atom. The summed E-state index contributed by atoms with van der Waals surface area (Å²) in [6.07, 6.45) is 0.316. The molecule has 1 aliphatic heterocycles. The molecule has 112 valence electrons. The lowest BCUT2D eigenvalue weighted by molar-refractivity contribution is 0.0574. The van der Waals surface area contributed by atoms with E-state index in [1.54, 1.807) is 4.90 Å². The fourth-order valence-electron chi connectivity index (χ4n) is 2.68. The average Bonchev–Trinajstić information content (AvgIpc) is 2.40. The number of aryl methyl sites for hydroxylation is 2. The van der Waals surface area contributed by atoms with E-state index in [1.807, 2.05) is 46.8 Å². The summed E-state index contributed by atoms with van der Waals surface area (Å²) in [6.45, 7) is 9.94. The number of carbonyl (C=O) groups excluding carboxylic acids is 1. The second-order valence-electron chi connectivity index (χ2n) is 6.65. The van der Waals surface area contributed by atoms with E-state index in [4.69, 9.17) is 4.74 Å². The van der Waals surface area contributed by atoms with Crippen molar-refractivity contribution in [2.24, 2.45) is 5.92 Å². The monoisotopic (exact) mass is 286 g/mol. The molecular formula is C17H22N2O2. The van der Waals surface area contributed by atoms with Gasteiger partial charge in [-0.3, -0.25) is 4.90 Å². The number of benzene rings is 1. The quantitative estimate of drug-likeness (QED) is 0.730. The van der Waals surface area contributed by atoms with Crippen molar-refractivity contribution in [1.29, 1.82) is 5.26 Å². The fraction of sp³-hybridized carbons (Fsp3) is 0.529. The summed E-state index contributed by atoms with van der Waals surface area (Å²) in [5.41, 5.74) is 3.60. The molecule has 4 nitrogen and oxygen atoms in total. The van der Waals surface area contributed by atoms with Gasteiger partial charge in [0.25, 0.3) is 0 Å². The predicted octanol–water partition coefficient (Wildman–Crippen LogP) is 3.74. The maximum absolute atomic E-state index is 12.5. The van der Waals surface area contributed by atoms with Gasteiger partial charge in [-0.15, -0.1) is 0 Å². The highest BCUT2D eigenvalue weighted by molar-refractivity contribution is 5.91. The van der Waals surface area contributed by atoms with Crippen LogP contribution in [-0.2, 0) is 11.2 Å². The van der Waals surface area contributed by atoms with Crippen molar-refractivity contribution in [3.63, 3.8) is 0 Å². The van der Waals surface area contributed by atoms with E-state index in [0.717, 1.165) is 22.4 Å². The second kappa shape index (κ2) is 5.40. The van der Waals surface area contributed by atoms with Gasteiger partial charge < -0.3 is 4.74 Å². The van der Waals surface area contributed by atoms with Crippen LogP contribution in [0.5, 0.6) is 0 Å². The molecule has 1 atom stereocenters. The molecule has 0 radical (unpaired) electrons. The molecule has 0 aliphatic carbocycles. The smallest absolute Gasteiger partial charge is 0.414 e. The minimum atomic E-state index is -0.547. The topological polar surface area (TPSA) is 53.3 Å². The van der Waals surface area contributed by atoms with E-state index in [1.165, 1.54) is 0 Å². The van der Waals surface area contributed by atoms with Gasteiger partial charge in [0, 0.05) is 6.54 Å². The molecule has 0 aromatic heterocycles. The first-order valence-electron chi connectivity index (χ1n) is 7.22. The number of rotatable bonds is 0. The molecule has 1 aromatic rings. The minimum absolute atomic E-state index is 0.189. The van der Waals surface area contributed by atoms with Crippen LogP contribution in [0.2, 0.25) is 0 Å². The van der Waals surface area contributed by atoms with Crippen LogP contribution in [0.3, 0.4) is 0 Å². The van der Waals surface area contributed by atoms with Gasteiger partial charge in [0.1, 0.15) is 5.60 Å². The Balaban J connectivity index is 2.46. The van der Waals surface area contributed by atoms with Gasteiger partial charge in [-0.25, -0.2) is 4.79 Å². The normalized spacial score (nSPS) is 17.9. The van der Waals surface area contributed by atoms with Crippen LogP contribution < -0.4 is 4.90 Å². The first kappa shape index (κ1) is 15.4. The van der Waals surface area contributed by atoms with E-state index in [2.05, 4.69) is 6.07 Å². The molecule has 1 amide bonds. The summed E-state index contributed by atoms with van der Waals surface area (Å²) < 4.78 is 5.50. The average molecular weight is 286 g/mol. The Morgan fingerprint density at radius 3 is 2.52 bits per heavy atom. The van der Waals surface area contributed by atoms with Gasteiger partial charge in [-0.2, -0.15) is 5.26 Å².